The highest BCUT2D eigenvalue weighted by molar-refractivity contribution is 7.18. The number of benzene rings is 2. The number of hydrogen-bond donors (Lipinski definition) is 1. The molecular formula is C16H12FN3OS. The molecule has 0 aliphatic rings. The van der Waals surface area contributed by atoms with E-state index in [1.165, 1.54) is 35.6 Å². The molecule has 0 spiro atoms. The molecule has 3 aromatic rings. The number of aryl methyl sites for hydroxylation is 1. The first-order chi connectivity index (χ1) is 10.6. The maximum atomic E-state index is 12.8. The van der Waals surface area contributed by atoms with Crippen LogP contribution < -0.4 is 5.32 Å². The zero-order chi connectivity index (χ0) is 15.5. The Bertz CT molecular complexity index is 814. The van der Waals surface area contributed by atoms with Crippen molar-refractivity contribution in [1.82, 2.24) is 10.2 Å². The first-order valence-electron chi connectivity index (χ1n) is 6.59. The predicted molar refractivity (Wildman–Crippen MR) is 84.4 cm³/mol. The van der Waals surface area contributed by atoms with E-state index in [0.29, 0.717) is 10.7 Å². The summed E-state index contributed by atoms with van der Waals surface area (Å²) < 4.78 is 12.8. The van der Waals surface area contributed by atoms with E-state index in [9.17, 15) is 9.18 Å². The molecule has 0 atom stereocenters. The molecule has 0 unspecified atom stereocenters. The second-order valence-electron chi connectivity index (χ2n) is 4.74. The minimum absolute atomic E-state index is 0.341. The van der Waals surface area contributed by atoms with Crippen LogP contribution in [-0.4, -0.2) is 16.1 Å². The fourth-order valence-electron chi connectivity index (χ4n) is 1.94. The quantitative estimate of drug-likeness (QED) is 0.797. The molecule has 110 valence electrons. The maximum Gasteiger partial charge on any atom is 0.257 e. The lowest BCUT2D eigenvalue weighted by Gasteiger charge is -2.00. The molecule has 6 heteroatoms. The average molecular weight is 313 g/mol. The van der Waals surface area contributed by atoms with Crippen LogP contribution in [0.2, 0.25) is 0 Å². The third kappa shape index (κ3) is 3.17. The molecule has 3 rings (SSSR count). The lowest BCUT2D eigenvalue weighted by Crippen LogP contribution is -2.11. The Morgan fingerprint density at radius 1 is 1.14 bits per heavy atom. The van der Waals surface area contributed by atoms with Crippen molar-refractivity contribution in [3.63, 3.8) is 0 Å². The van der Waals surface area contributed by atoms with Crippen LogP contribution in [0.15, 0.2) is 48.5 Å². The van der Waals surface area contributed by atoms with E-state index in [4.69, 9.17) is 0 Å². The van der Waals surface area contributed by atoms with Gasteiger partial charge in [-0.05, 0) is 37.3 Å². The van der Waals surface area contributed by atoms with Crippen molar-refractivity contribution in [3.8, 4) is 10.6 Å². The second kappa shape index (κ2) is 6.03. The Morgan fingerprint density at radius 2 is 1.91 bits per heavy atom. The Balaban J connectivity index is 1.77. The molecule has 1 N–H and O–H groups in total. The highest BCUT2D eigenvalue weighted by Crippen LogP contribution is 2.27. The summed E-state index contributed by atoms with van der Waals surface area (Å²) in [7, 11) is 0. The minimum Gasteiger partial charge on any atom is -0.296 e. The van der Waals surface area contributed by atoms with Crippen LogP contribution in [0, 0.1) is 12.7 Å². The van der Waals surface area contributed by atoms with Gasteiger partial charge in [0.25, 0.3) is 5.91 Å². The molecule has 22 heavy (non-hydrogen) atoms. The fourth-order valence-corrected chi connectivity index (χ4v) is 2.67. The second-order valence-corrected chi connectivity index (χ2v) is 5.72. The number of hydrogen-bond acceptors (Lipinski definition) is 4. The van der Waals surface area contributed by atoms with Gasteiger partial charge in [0.15, 0.2) is 0 Å². The standard InChI is InChI=1S/C16H12FN3OS/c1-10-3-2-4-12(9-10)15-19-20-16(22-15)18-14(21)11-5-7-13(17)8-6-11/h2-9H,1H3,(H,18,20,21). The van der Waals surface area contributed by atoms with Gasteiger partial charge in [-0.15, -0.1) is 10.2 Å². The molecular weight excluding hydrogens is 301 g/mol. The zero-order valence-corrected chi connectivity index (χ0v) is 12.5. The first-order valence-corrected chi connectivity index (χ1v) is 7.41. The lowest BCUT2D eigenvalue weighted by atomic mass is 10.1. The number of aromatic nitrogens is 2. The van der Waals surface area contributed by atoms with E-state index < -0.39 is 0 Å². The molecule has 0 aliphatic carbocycles. The number of carbonyl (C=O) groups is 1. The number of rotatable bonds is 3. The van der Waals surface area contributed by atoms with Crippen molar-refractivity contribution in [2.75, 3.05) is 5.32 Å². The van der Waals surface area contributed by atoms with Crippen molar-refractivity contribution in [1.29, 1.82) is 0 Å². The summed E-state index contributed by atoms with van der Waals surface area (Å²) in [5, 5.41) is 11.9. The normalized spacial score (nSPS) is 10.5. The molecule has 4 nitrogen and oxygen atoms in total. The molecule has 0 bridgehead atoms. The third-order valence-electron chi connectivity index (χ3n) is 3.02. The van der Waals surface area contributed by atoms with E-state index in [-0.39, 0.29) is 11.7 Å². The highest BCUT2D eigenvalue weighted by Gasteiger charge is 2.11. The van der Waals surface area contributed by atoms with Crippen LogP contribution in [-0.2, 0) is 0 Å². The number of carbonyl (C=O) groups excluding carboxylic acids is 1. The number of anilines is 1. The molecule has 0 saturated carbocycles. The first kappa shape index (κ1) is 14.3. The smallest absolute Gasteiger partial charge is 0.257 e. The van der Waals surface area contributed by atoms with Gasteiger partial charge >= 0.3 is 0 Å². The number of nitrogens with zero attached hydrogens (tertiary/aromatic N) is 2. The zero-order valence-electron chi connectivity index (χ0n) is 11.7. The van der Waals surface area contributed by atoms with E-state index in [1.807, 2.05) is 31.2 Å². The average Bonchev–Trinajstić information content (AvgIpc) is 2.96. The molecule has 0 fully saturated rings. The van der Waals surface area contributed by atoms with Gasteiger partial charge in [0.05, 0.1) is 0 Å². The van der Waals surface area contributed by atoms with Crippen LogP contribution in [0.25, 0.3) is 10.6 Å². The van der Waals surface area contributed by atoms with Gasteiger partial charge in [0.2, 0.25) is 5.13 Å². The van der Waals surface area contributed by atoms with Crippen LogP contribution in [0.3, 0.4) is 0 Å². The van der Waals surface area contributed by atoms with Gasteiger partial charge in [-0.1, -0.05) is 35.1 Å². The predicted octanol–water partition coefficient (Wildman–Crippen LogP) is 3.90. The van der Waals surface area contributed by atoms with Gasteiger partial charge in [0, 0.05) is 11.1 Å². The summed E-state index contributed by atoms with van der Waals surface area (Å²) in [6, 6.07) is 13.2. The highest BCUT2D eigenvalue weighted by atomic mass is 32.1. The monoisotopic (exact) mass is 313 g/mol. The van der Waals surface area contributed by atoms with Crippen molar-refractivity contribution in [3.05, 3.63) is 65.5 Å². The molecule has 0 radical (unpaired) electrons. The molecule has 2 aromatic carbocycles. The van der Waals surface area contributed by atoms with Gasteiger partial charge in [-0.3, -0.25) is 10.1 Å². The summed E-state index contributed by atoms with van der Waals surface area (Å²) in [5.74, 6) is -0.721. The van der Waals surface area contributed by atoms with Crippen molar-refractivity contribution in [2.45, 2.75) is 6.92 Å². The summed E-state index contributed by atoms with van der Waals surface area (Å²) >= 11 is 1.29. The van der Waals surface area contributed by atoms with Crippen molar-refractivity contribution in [2.24, 2.45) is 0 Å². The van der Waals surface area contributed by atoms with E-state index in [1.54, 1.807) is 0 Å². The minimum atomic E-state index is -0.380. The van der Waals surface area contributed by atoms with Crippen LogP contribution in [0.4, 0.5) is 9.52 Å². The topological polar surface area (TPSA) is 54.9 Å². The summed E-state index contributed by atoms with van der Waals surface area (Å²) in [5.41, 5.74) is 2.46. The van der Waals surface area contributed by atoms with Crippen LogP contribution in [0.5, 0.6) is 0 Å². The summed E-state index contributed by atoms with van der Waals surface area (Å²) in [6.45, 7) is 2.00. The third-order valence-corrected chi connectivity index (χ3v) is 3.90. The molecule has 1 aromatic heterocycles. The van der Waals surface area contributed by atoms with Gasteiger partial charge in [-0.2, -0.15) is 0 Å². The molecule has 0 saturated heterocycles. The fraction of sp³-hybridized carbons (Fsp3) is 0.0625. The summed E-state index contributed by atoms with van der Waals surface area (Å²) in [4.78, 5) is 12.0. The molecule has 1 heterocycles. The van der Waals surface area contributed by atoms with Crippen molar-refractivity contribution < 1.29 is 9.18 Å². The number of amides is 1. The largest absolute Gasteiger partial charge is 0.296 e. The molecule has 1 amide bonds. The van der Waals surface area contributed by atoms with Gasteiger partial charge in [0.1, 0.15) is 10.8 Å². The lowest BCUT2D eigenvalue weighted by molar-refractivity contribution is 0.102. The Labute approximate surface area is 130 Å². The van der Waals surface area contributed by atoms with E-state index in [0.717, 1.165) is 16.1 Å². The van der Waals surface area contributed by atoms with Crippen LogP contribution >= 0.6 is 11.3 Å². The van der Waals surface area contributed by atoms with Gasteiger partial charge < -0.3 is 0 Å². The number of halogens is 1. The number of nitrogens with one attached hydrogen (secondary N) is 1. The maximum absolute atomic E-state index is 12.8. The van der Waals surface area contributed by atoms with E-state index >= 15 is 0 Å². The Morgan fingerprint density at radius 3 is 2.64 bits per heavy atom. The van der Waals surface area contributed by atoms with Crippen LogP contribution in [0.1, 0.15) is 15.9 Å². The SMILES string of the molecule is Cc1cccc(-c2nnc(NC(=O)c3ccc(F)cc3)s2)c1. The Hall–Kier alpha value is -2.60. The van der Waals surface area contributed by atoms with Gasteiger partial charge in [-0.25, -0.2) is 4.39 Å². The summed E-state index contributed by atoms with van der Waals surface area (Å²) in [6.07, 6.45) is 0. The van der Waals surface area contributed by atoms with Crippen molar-refractivity contribution >= 4 is 22.4 Å². The van der Waals surface area contributed by atoms with E-state index in [2.05, 4.69) is 15.5 Å². The Kier molecular flexibility index (Phi) is 3.93. The molecule has 0 aliphatic heterocycles.